The molecule has 0 aliphatic rings. The molecule has 0 saturated carbocycles. The second kappa shape index (κ2) is 71.4. The minimum Gasteiger partial charge on any atom is -0.462 e. The van der Waals surface area contributed by atoms with Crippen LogP contribution in [0, 0.1) is 0 Å². The van der Waals surface area contributed by atoms with Crippen molar-refractivity contribution in [3.05, 3.63) is 24.3 Å². The lowest BCUT2D eigenvalue weighted by molar-refractivity contribution is -0.167. The highest BCUT2D eigenvalue weighted by Gasteiger charge is 2.20. The number of rotatable bonds is 70. The summed E-state index contributed by atoms with van der Waals surface area (Å²) in [7, 11) is 0. The van der Waals surface area contributed by atoms with E-state index in [1.807, 2.05) is 0 Å². The minimum absolute atomic E-state index is 0.0672. The minimum atomic E-state index is -0.769. The zero-order valence-corrected chi connectivity index (χ0v) is 55.8. The summed E-state index contributed by atoms with van der Waals surface area (Å²) in [6.07, 6.45) is 88.3. The summed E-state index contributed by atoms with van der Waals surface area (Å²) >= 11 is 0. The zero-order valence-electron chi connectivity index (χ0n) is 55.8. The van der Waals surface area contributed by atoms with Crippen molar-refractivity contribution >= 4 is 17.9 Å². The van der Waals surface area contributed by atoms with Gasteiger partial charge in [-0.25, -0.2) is 0 Å². The molecule has 0 saturated heterocycles. The molecule has 0 radical (unpaired) electrons. The van der Waals surface area contributed by atoms with E-state index in [1.54, 1.807) is 0 Å². The van der Waals surface area contributed by atoms with E-state index in [-0.39, 0.29) is 31.1 Å². The first-order valence-corrected chi connectivity index (χ1v) is 37.3. The molecule has 0 spiro atoms. The molecule has 0 aromatic heterocycles. The summed E-state index contributed by atoms with van der Waals surface area (Å²) < 4.78 is 16.9. The number of ether oxygens (including phenoxy) is 3. The standard InChI is InChI=1S/C76H144O6/c1-4-7-10-13-16-19-21-23-25-27-29-31-32-33-34-35-36-37-38-39-40-41-42-43-44-46-47-49-51-53-55-57-60-63-66-69-75(78)81-72-73(71-80-74(77)68-65-62-59-18-15-12-9-6-3)82-76(79)70-67-64-61-58-56-54-52-50-48-45-30-28-26-24-22-20-17-14-11-8-5-2/h22,24,28,30,73H,4-21,23,25-27,29,31-72H2,1-3H3/b24-22-,30-28-. The normalized spacial score (nSPS) is 12.1. The van der Waals surface area contributed by atoms with Gasteiger partial charge in [0, 0.05) is 19.3 Å². The van der Waals surface area contributed by atoms with Crippen molar-refractivity contribution in [2.24, 2.45) is 0 Å². The fraction of sp³-hybridized carbons (Fsp3) is 0.908. The Labute approximate surface area is 513 Å². The van der Waals surface area contributed by atoms with Crippen molar-refractivity contribution < 1.29 is 28.6 Å². The first kappa shape index (κ1) is 79.9. The van der Waals surface area contributed by atoms with E-state index in [9.17, 15) is 14.4 Å². The third kappa shape index (κ3) is 68.7. The Morgan fingerprint density at radius 1 is 0.244 bits per heavy atom. The number of hydrogen-bond donors (Lipinski definition) is 0. The molecule has 0 fully saturated rings. The molecule has 6 heteroatoms. The van der Waals surface area contributed by atoms with E-state index >= 15 is 0 Å². The van der Waals surface area contributed by atoms with Gasteiger partial charge in [-0.3, -0.25) is 14.4 Å². The van der Waals surface area contributed by atoms with Crippen LogP contribution in [0.3, 0.4) is 0 Å². The smallest absolute Gasteiger partial charge is 0.306 e. The lowest BCUT2D eigenvalue weighted by Gasteiger charge is -2.18. The van der Waals surface area contributed by atoms with Gasteiger partial charge < -0.3 is 14.2 Å². The van der Waals surface area contributed by atoms with Gasteiger partial charge in [0.1, 0.15) is 13.2 Å². The average Bonchev–Trinajstić information content (AvgIpc) is 3.48. The molecule has 82 heavy (non-hydrogen) atoms. The molecule has 0 amide bonds. The zero-order chi connectivity index (χ0) is 59.2. The van der Waals surface area contributed by atoms with Crippen molar-refractivity contribution in [2.75, 3.05) is 13.2 Å². The maximum absolute atomic E-state index is 12.9. The molecule has 0 aliphatic heterocycles. The highest BCUT2D eigenvalue weighted by atomic mass is 16.6. The number of hydrogen-bond acceptors (Lipinski definition) is 6. The maximum atomic E-state index is 12.9. The number of esters is 3. The van der Waals surface area contributed by atoms with Crippen LogP contribution in [-0.2, 0) is 28.6 Å². The first-order chi connectivity index (χ1) is 40.5. The molecular formula is C76H144O6. The van der Waals surface area contributed by atoms with E-state index < -0.39 is 6.10 Å². The summed E-state index contributed by atoms with van der Waals surface area (Å²) in [6, 6.07) is 0. The van der Waals surface area contributed by atoms with Crippen LogP contribution in [0.25, 0.3) is 0 Å². The fourth-order valence-electron chi connectivity index (χ4n) is 11.6. The van der Waals surface area contributed by atoms with Crippen molar-refractivity contribution in [1.29, 1.82) is 0 Å². The summed E-state index contributed by atoms with van der Waals surface area (Å²) in [5, 5.41) is 0. The number of carbonyl (C=O) groups is 3. The van der Waals surface area contributed by atoms with Crippen LogP contribution < -0.4 is 0 Å². The monoisotopic (exact) mass is 1150 g/mol. The molecule has 484 valence electrons. The van der Waals surface area contributed by atoms with Crippen molar-refractivity contribution in [1.82, 2.24) is 0 Å². The van der Waals surface area contributed by atoms with Gasteiger partial charge in [0.05, 0.1) is 0 Å². The number of unbranched alkanes of at least 4 members (excludes halogenated alkanes) is 55. The van der Waals surface area contributed by atoms with Crippen LogP contribution in [0.1, 0.15) is 425 Å². The quantitative estimate of drug-likeness (QED) is 0.0261. The van der Waals surface area contributed by atoms with Crippen molar-refractivity contribution in [2.45, 2.75) is 431 Å². The SMILES string of the molecule is CCCCCCC/C=C\C/C=C\CCCCCCCCCCCC(=O)OC(COC(=O)CCCCCCCCCC)COC(=O)CCCCCCCCCCCCCCCCCCCCCCCCCCCCCCCCCCCCC. The third-order valence-electron chi connectivity index (χ3n) is 17.2. The van der Waals surface area contributed by atoms with Crippen LogP contribution >= 0.6 is 0 Å². The predicted octanol–water partition coefficient (Wildman–Crippen LogP) is 25.7. The Balaban J connectivity index is 3.96. The molecule has 1 unspecified atom stereocenters. The molecule has 0 aromatic carbocycles. The van der Waals surface area contributed by atoms with Gasteiger partial charge in [0.2, 0.25) is 0 Å². The van der Waals surface area contributed by atoms with Crippen LogP contribution in [-0.4, -0.2) is 37.2 Å². The van der Waals surface area contributed by atoms with Crippen molar-refractivity contribution in [3.8, 4) is 0 Å². The molecule has 6 nitrogen and oxygen atoms in total. The van der Waals surface area contributed by atoms with Gasteiger partial charge in [-0.15, -0.1) is 0 Å². The van der Waals surface area contributed by atoms with E-state index in [0.29, 0.717) is 19.3 Å². The van der Waals surface area contributed by atoms with E-state index in [0.717, 1.165) is 64.2 Å². The molecule has 0 aromatic rings. The van der Waals surface area contributed by atoms with Gasteiger partial charge in [-0.2, -0.15) is 0 Å². The summed E-state index contributed by atoms with van der Waals surface area (Å²) in [6.45, 7) is 6.67. The van der Waals surface area contributed by atoms with Gasteiger partial charge in [-0.05, 0) is 51.4 Å². The molecule has 0 bridgehead atoms. The largest absolute Gasteiger partial charge is 0.462 e. The highest BCUT2D eigenvalue weighted by molar-refractivity contribution is 5.71. The van der Waals surface area contributed by atoms with Gasteiger partial charge in [-0.1, -0.05) is 379 Å². The topological polar surface area (TPSA) is 78.9 Å². The molecule has 0 rings (SSSR count). The van der Waals surface area contributed by atoms with Gasteiger partial charge in [0.25, 0.3) is 0 Å². The van der Waals surface area contributed by atoms with Gasteiger partial charge in [0.15, 0.2) is 6.10 Å². The van der Waals surface area contributed by atoms with E-state index in [2.05, 4.69) is 45.1 Å². The van der Waals surface area contributed by atoms with Gasteiger partial charge >= 0.3 is 17.9 Å². The lowest BCUT2D eigenvalue weighted by Crippen LogP contribution is -2.30. The van der Waals surface area contributed by atoms with E-state index in [4.69, 9.17) is 14.2 Å². The van der Waals surface area contributed by atoms with E-state index in [1.165, 1.54) is 321 Å². The summed E-state index contributed by atoms with van der Waals surface area (Å²) in [4.78, 5) is 38.2. The maximum Gasteiger partial charge on any atom is 0.306 e. The Kier molecular flexibility index (Phi) is 69.5. The van der Waals surface area contributed by atoms with Crippen LogP contribution in [0.5, 0.6) is 0 Å². The molecule has 0 N–H and O–H groups in total. The highest BCUT2D eigenvalue weighted by Crippen LogP contribution is 2.19. The Hall–Kier alpha value is -2.11. The first-order valence-electron chi connectivity index (χ1n) is 37.3. The predicted molar refractivity (Wildman–Crippen MR) is 358 cm³/mol. The number of carbonyl (C=O) groups excluding carboxylic acids is 3. The Morgan fingerprint density at radius 2 is 0.439 bits per heavy atom. The van der Waals surface area contributed by atoms with Crippen molar-refractivity contribution in [3.63, 3.8) is 0 Å². The average molecular weight is 1150 g/mol. The lowest BCUT2D eigenvalue weighted by atomic mass is 10.0. The summed E-state index contributed by atoms with van der Waals surface area (Å²) in [5.74, 6) is -0.847. The van der Waals surface area contributed by atoms with Crippen LogP contribution in [0.4, 0.5) is 0 Å². The molecule has 0 heterocycles. The molecular weight excluding hydrogens is 1010 g/mol. The van der Waals surface area contributed by atoms with Crippen LogP contribution in [0.2, 0.25) is 0 Å². The van der Waals surface area contributed by atoms with Crippen LogP contribution in [0.15, 0.2) is 24.3 Å². The second-order valence-corrected chi connectivity index (χ2v) is 25.6. The summed E-state index contributed by atoms with van der Waals surface area (Å²) in [5.41, 5.74) is 0. The second-order valence-electron chi connectivity index (χ2n) is 25.6. The molecule has 1 atom stereocenters. The fourth-order valence-corrected chi connectivity index (χ4v) is 11.6. The number of allylic oxidation sites excluding steroid dienone is 4. The Bertz CT molecular complexity index is 1320. The Morgan fingerprint density at radius 3 is 0.671 bits per heavy atom. The third-order valence-corrected chi connectivity index (χ3v) is 17.2. The molecule has 0 aliphatic carbocycles.